The minimum absolute atomic E-state index is 0.0971. The number of ether oxygens (including phenoxy) is 1. The number of thiophene rings is 1. The van der Waals surface area contributed by atoms with Crippen LogP contribution in [0.3, 0.4) is 0 Å². The third kappa shape index (κ3) is 4.48. The van der Waals surface area contributed by atoms with E-state index < -0.39 is 11.7 Å². The van der Waals surface area contributed by atoms with E-state index in [9.17, 15) is 18.0 Å². The molecule has 2 aromatic rings. The highest BCUT2D eigenvalue weighted by atomic mass is 32.1. The molecule has 4 nitrogen and oxygen atoms in total. The predicted molar refractivity (Wildman–Crippen MR) is 109 cm³/mol. The summed E-state index contributed by atoms with van der Waals surface area (Å²) in [7, 11) is 0. The van der Waals surface area contributed by atoms with Gasteiger partial charge in [-0.15, -0.1) is 11.3 Å². The highest BCUT2D eigenvalue weighted by Gasteiger charge is 2.44. The van der Waals surface area contributed by atoms with Gasteiger partial charge in [0.1, 0.15) is 6.10 Å². The molecule has 2 fully saturated rings. The number of aromatic nitrogens is 1. The van der Waals surface area contributed by atoms with Gasteiger partial charge in [0.05, 0.1) is 11.0 Å². The summed E-state index contributed by atoms with van der Waals surface area (Å²) in [6, 6.07) is 6.43. The molecule has 0 aromatic carbocycles. The molecule has 1 N–H and O–H groups in total. The minimum atomic E-state index is -4.40. The first-order valence-corrected chi connectivity index (χ1v) is 11.3. The predicted octanol–water partition coefficient (Wildman–Crippen LogP) is 5.48. The molecular weight excluding hydrogens is 413 g/mol. The number of hydrogen-bond donors (Lipinski definition) is 1. The van der Waals surface area contributed by atoms with Gasteiger partial charge >= 0.3 is 6.18 Å². The normalized spacial score (nSPS) is 23.8. The Morgan fingerprint density at radius 1 is 1.13 bits per heavy atom. The Labute approximate surface area is 177 Å². The second kappa shape index (κ2) is 8.57. The zero-order valence-corrected chi connectivity index (χ0v) is 17.4. The fraction of sp³-hybridized carbons (Fsp3) is 0.545. The summed E-state index contributed by atoms with van der Waals surface area (Å²) < 4.78 is 43.7. The molecule has 8 heteroatoms. The van der Waals surface area contributed by atoms with Crippen LogP contribution in [0.5, 0.6) is 5.88 Å². The Balaban J connectivity index is 1.30. The first-order valence-electron chi connectivity index (χ1n) is 10.4. The monoisotopic (exact) mass is 438 g/mol. The van der Waals surface area contributed by atoms with E-state index in [1.54, 1.807) is 11.3 Å². The zero-order valence-electron chi connectivity index (χ0n) is 16.6. The number of carbonyl (C=O) groups is 1. The highest BCUT2D eigenvalue weighted by Crippen LogP contribution is 2.43. The number of hydrogen-bond acceptors (Lipinski definition) is 4. The second-order valence-electron chi connectivity index (χ2n) is 8.21. The molecule has 2 aliphatic rings. The molecule has 0 saturated heterocycles. The molecule has 2 aromatic heterocycles. The van der Waals surface area contributed by atoms with Crippen molar-refractivity contribution in [2.45, 2.75) is 75.1 Å². The lowest BCUT2D eigenvalue weighted by atomic mass is 9.82. The van der Waals surface area contributed by atoms with Crippen LogP contribution < -0.4 is 10.1 Å². The lowest BCUT2D eigenvalue weighted by molar-refractivity contribution is -0.137. The number of nitrogens with one attached hydrogen (secondary N) is 1. The molecule has 0 atom stereocenters. The number of halogens is 3. The van der Waals surface area contributed by atoms with Crippen molar-refractivity contribution in [1.82, 2.24) is 10.3 Å². The van der Waals surface area contributed by atoms with E-state index >= 15 is 0 Å². The maximum Gasteiger partial charge on any atom is 0.417 e. The average Bonchev–Trinajstić information content (AvgIpc) is 3.42. The summed E-state index contributed by atoms with van der Waals surface area (Å²) in [6.07, 6.45) is 3.30. The van der Waals surface area contributed by atoms with Crippen molar-refractivity contribution in [2.24, 2.45) is 0 Å². The van der Waals surface area contributed by atoms with E-state index in [1.165, 1.54) is 6.07 Å². The van der Waals surface area contributed by atoms with Crippen LogP contribution in [0, 0.1) is 0 Å². The van der Waals surface area contributed by atoms with Gasteiger partial charge in [0.25, 0.3) is 0 Å². The smallest absolute Gasteiger partial charge is 0.417 e. The fourth-order valence-corrected chi connectivity index (χ4v) is 5.54. The van der Waals surface area contributed by atoms with E-state index in [0.717, 1.165) is 68.5 Å². The van der Waals surface area contributed by atoms with Crippen molar-refractivity contribution < 1.29 is 22.7 Å². The largest absolute Gasteiger partial charge is 0.474 e. The Morgan fingerprint density at radius 3 is 2.43 bits per heavy atom. The summed E-state index contributed by atoms with van der Waals surface area (Å²) >= 11 is 1.66. The summed E-state index contributed by atoms with van der Waals surface area (Å²) in [5, 5.41) is 5.30. The third-order valence-corrected chi connectivity index (χ3v) is 7.32. The van der Waals surface area contributed by atoms with Crippen molar-refractivity contribution in [3.8, 4) is 5.88 Å². The Kier molecular flexibility index (Phi) is 6.04. The van der Waals surface area contributed by atoms with Gasteiger partial charge in [0, 0.05) is 23.2 Å². The number of pyridine rings is 1. The van der Waals surface area contributed by atoms with Gasteiger partial charge in [0.15, 0.2) is 0 Å². The minimum Gasteiger partial charge on any atom is -0.474 e. The van der Waals surface area contributed by atoms with Crippen LogP contribution in [0.2, 0.25) is 0 Å². The standard InChI is InChI=1S/C22H25F3N2O2S/c23-22(24,25)15-5-10-19(26-14-15)29-17-8-6-16(7-9-17)27-20(28)21(11-1-2-12-21)18-4-3-13-30-18/h3-5,10,13-14,16-17H,1-2,6-9,11-12H2,(H,27,28). The Hall–Kier alpha value is -2.09. The van der Waals surface area contributed by atoms with Crippen molar-refractivity contribution in [3.05, 3.63) is 46.3 Å². The molecule has 2 aliphatic carbocycles. The average molecular weight is 439 g/mol. The van der Waals surface area contributed by atoms with Crippen molar-refractivity contribution in [1.29, 1.82) is 0 Å². The van der Waals surface area contributed by atoms with E-state index in [1.807, 2.05) is 11.4 Å². The molecule has 0 radical (unpaired) electrons. The third-order valence-electron chi connectivity index (χ3n) is 6.25. The van der Waals surface area contributed by atoms with Crippen LogP contribution >= 0.6 is 11.3 Å². The van der Waals surface area contributed by atoms with Gasteiger partial charge in [-0.2, -0.15) is 13.2 Å². The first-order chi connectivity index (χ1) is 14.4. The van der Waals surface area contributed by atoms with E-state index in [0.29, 0.717) is 0 Å². The lowest BCUT2D eigenvalue weighted by Crippen LogP contribution is -2.48. The molecule has 30 heavy (non-hydrogen) atoms. The molecule has 2 saturated carbocycles. The van der Waals surface area contributed by atoms with Crippen LogP contribution in [-0.2, 0) is 16.4 Å². The van der Waals surface area contributed by atoms with Crippen LogP contribution in [0.15, 0.2) is 35.8 Å². The second-order valence-corrected chi connectivity index (χ2v) is 9.16. The highest BCUT2D eigenvalue weighted by molar-refractivity contribution is 7.10. The molecule has 4 rings (SSSR count). The van der Waals surface area contributed by atoms with Crippen LogP contribution in [0.25, 0.3) is 0 Å². The van der Waals surface area contributed by atoms with Crippen LogP contribution in [-0.4, -0.2) is 23.0 Å². The van der Waals surface area contributed by atoms with Gasteiger partial charge < -0.3 is 10.1 Å². The first kappa shape index (κ1) is 21.2. The Bertz CT molecular complexity index is 838. The van der Waals surface area contributed by atoms with Gasteiger partial charge in [0.2, 0.25) is 11.8 Å². The lowest BCUT2D eigenvalue weighted by Gasteiger charge is -2.33. The fourth-order valence-electron chi connectivity index (χ4n) is 4.55. The van der Waals surface area contributed by atoms with Crippen molar-refractivity contribution >= 4 is 17.2 Å². The number of carbonyl (C=O) groups excluding carboxylic acids is 1. The number of amides is 1. The number of alkyl halides is 3. The summed E-state index contributed by atoms with van der Waals surface area (Å²) in [5.41, 5.74) is -1.17. The van der Waals surface area contributed by atoms with E-state index in [-0.39, 0.29) is 29.3 Å². The summed E-state index contributed by atoms with van der Waals surface area (Å²) in [5.74, 6) is 0.342. The van der Waals surface area contributed by atoms with E-state index in [4.69, 9.17) is 4.74 Å². The maximum atomic E-state index is 13.2. The van der Waals surface area contributed by atoms with Crippen LogP contribution in [0.1, 0.15) is 61.8 Å². The molecule has 0 unspecified atom stereocenters. The van der Waals surface area contributed by atoms with E-state index in [2.05, 4.69) is 16.4 Å². The number of rotatable bonds is 5. The van der Waals surface area contributed by atoms with Crippen LogP contribution in [0.4, 0.5) is 13.2 Å². The number of nitrogens with zero attached hydrogens (tertiary/aromatic N) is 1. The molecule has 162 valence electrons. The molecule has 0 bridgehead atoms. The topological polar surface area (TPSA) is 51.2 Å². The molecular formula is C22H25F3N2O2S. The summed E-state index contributed by atoms with van der Waals surface area (Å²) in [4.78, 5) is 18.1. The summed E-state index contributed by atoms with van der Waals surface area (Å²) in [6.45, 7) is 0. The SMILES string of the molecule is O=C(NC1CCC(Oc2ccc(C(F)(F)F)cn2)CC1)C1(c2cccs2)CCCC1. The van der Waals surface area contributed by atoms with Crippen molar-refractivity contribution in [3.63, 3.8) is 0 Å². The molecule has 0 spiro atoms. The quantitative estimate of drug-likeness (QED) is 0.673. The van der Waals surface area contributed by atoms with Gasteiger partial charge in [-0.25, -0.2) is 4.98 Å². The zero-order chi connectivity index (χ0) is 21.2. The maximum absolute atomic E-state index is 13.2. The van der Waals surface area contributed by atoms with Crippen molar-refractivity contribution in [2.75, 3.05) is 0 Å². The Morgan fingerprint density at radius 2 is 1.87 bits per heavy atom. The van der Waals surface area contributed by atoms with Gasteiger partial charge in [-0.3, -0.25) is 4.79 Å². The molecule has 0 aliphatic heterocycles. The van der Waals surface area contributed by atoms with Gasteiger partial charge in [-0.1, -0.05) is 18.9 Å². The molecule has 2 heterocycles. The van der Waals surface area contributed by atoms with Gasteiger partial charge in [-0.05, 0) is 56.0 Å². The molecule has 1 amide bonds.